The molecule has 0 radical (unpaired) electrons. The third kappa shape index (κ3) is 4.08. The number of benzene rings is 1. The number of carbonyl (C=O) groups excluding carboxylic acids is 1. The van der Waals surface area contributed by atoms with E-state index >= 15 is 0 Å². The average Bonchev–Trinajstić information content (AvgIpc) is 3.15. The number of amides is 1. The fourth-order valence-corrected chi connectivity index (χ4v) is 4.78. The van der Waals surface area contributed by atoms with Crippen LogP contribution in [0.1, 0.15) is 62.0 Å². The molecule has 2 aromatic rings. The smallest absolute Gasteiger partial charge is 0.220 e. The van der Waals surface area contributed by atoms with Crippen LogP contribution >= 0.6 is 0 Å². The van der Waals surface area contributed by atoms with Gasteiger partial charge in [0.2, 0.25) is 5.91 Å². The summed E-state index contributed by atoms with van der Waals surface area (Å²) in [5.41, 5.74) is 4.31. The van der Waals surface area contributed by atoms with E-state index in [1.165, 1.54) is 12.8 Å². The van der Waals surface area contributed by atoms with Crippen LogP contribution in [0.2, 0.25) is 0 Å². The molecule has 5 nitrogen and oxygen atoms in total. The van der Waals surface area contributed by atoms with Gasteiger partial charge in [-0.25, -0.2) is 4.68 Å². The van der Waals surface area contributed by atoms with Gasteiger partial charge in [-0.3, -0.25) is 4.79 Å². The van der Waals surface area contributed by atoms with E-state index in [0.29, 0.717) is 24.4 Å². The highest BCUT2D eigenvalue weighted by atomic mass is 16.1. The molecule has 3 unspecified atom stereocenters. The molecule has 4 rings (SSSR count). The summed E-state index contributed by atoms with van der Waals surface area (Å²) in [5, 5.41) is 11.4. The molecule has 2 N–H and O–H groups in total. The quantitative estimate of drug-likeness (QED) is 0.850. The molecule has 0 saturated carbocycles. The van der Waals surface area contributed by atoms with Crippen molar-refractivity contribution < 1.29 is 4.79 Å². The van der Waals surface area contributed by atoms with E-state index in [2.05, 4.69) is 59.9 Å². The molecule has 1 aromatic heterocycles. The number of fused-ring (bicyclic) bond motifs is 2. The second-order valence-electron chi connectivity index (χ2n) is 8.40. The first-order valence-electron chi connectivity index (χ1n) is 10.2. The van der Waals surface area contributed by atoms with Gasteiger partial charge in [-0.2, -0.15) is 5.10 Å². The maximum atomic E-state index is 12.5. The Morgan fingerprint density at radius 2 is 1.89 bits per heavy atom. The van der Waals surface area contributed by atoms with Crippen LogP contribution in [0.25, 0.3) is 5.69 Å². The molecule has 2 aliphatic rings. The molecule has 1 aromatic carbocycles. The summed E-state index contributed by atoms with van der Waals surface area (Å²) in [7, 11) is 0. The van der Waals surface area contributed by atoms with E-state index in [0.717, 1.165) is 35.5 Å². The van der Waals surface area contributed by atoms with E-state index in [-0.39, 0.29) is 11.9 Å². The van der Waals surface area contributed by atoms with Crippen LogP contribution in [0.3, 0.4) is 0 Å². The summed E-state index contributed by atoms with van der Waals surface area (Å²) in [6, 6.07) is 11.7. The first-order chi connectivity index (χ1) is 13.0. The van der Waals surface area contributed by atoms with Gasteiger partial charge in [-0.05, 0) is 76.1 Å². The topological polar surface area (TPSA) is 59.0 Å². The maximum Gasteiger partial charge on any atom is 0.220 e. The van der Waals surface area contributed by atoms with Crippen molar-refractivity contribution in [1.29, 1.82) is 0 Å². The number of aryl methyl sites for hydroxylation is 2. The number of rotatable bonds is 5. The third-order valence-corrected chi connectivity index (χ3v) is 6.07. The van der Waals surface area contributed by atoms with Crippen LogP contribution in [0.15, 0.2) is 30.3 Å². The van der Waals surface area contributed by atoms with Gasteiger partial charge in [0.25, 0.3) is 0 Å². The molecular formula is C22H30N4O. The zero-order valence-corrected chi connectivity index (χ0v) is 16.5. The molecule has 2 aliphatic heterocycles. The molecule has 1 amide bonds. The number of hydrogen-bond acceptors (Lipinski definition) is 3. The van der Waals surface area contributed by atoms with Gasteiger partial charge in [-0.1, -0.05) is 12.1 Å². The van der Waals surface area contributed by atoms with Crippen molar-refractivity contribution in [3.8, 4) is 5.69 Å². The molecule has 144 valence electrons. The van der Waals surface area contributed by atoms with Crippen LogP contribution in [0.5, 0.6) is 0 Å². The minimum Gasteiger partial charge on any atom is -0.350 e. The number of carbonyl (C=O) groups is 1. The zero-order valence-electron chi connectivity index (χ0n) is 16.5. The highest BCUT2D eigenvalue weighted by Crippen LogP contribution is 2.32. The number of nitrogens with zero attached hydrogens (tertiary/aromatic N) is 2. The minimum atomic E-state index is 0.0189. The summed E-state index contributed by atoms with van der Waals surface area (Å²) >= 11 is 0. The fraction of sp³-hybridized carbons (Fsp3) is 0.545. The van der Waals surface area contributed by atoms with Crippen molar-refractivity contribution in [1.82, 2.24) is 20.4 Å². The van der Waals surface area contributed by atoms with Crippen molar-refractivity contribution in [2.45, 2.75) is 71.0 Å². The van der Waals surface area contributed by atoms with Gasteiger partial charge >= 0.3 is 0 Å². The summed E-state index contributed by atoms with van der Waals surface area (Å²) in [6.45, 7) is 6.12. The van der Waals surface area contributed by atoms with Crippen molar-refractivity contribution in [2.75, 3.05) is 0 Å². The molecule has 0 spiro atoms. The Kier molecular flexibility index (Phi) is 5.04. The van der Waals surface area contributed by atoms with Gasteiger partial charge < -0.3 is 10.6 Å². The molecule has 3 atom stereocenters. The predicted octanol–water partition coefficient (Wildman–Crippen LogP) is 3.59. The SMILES string of the molecule is Cc1cc(C)n(-c2ccc(C(C)NC(=O)CC3CC4CCC(C3)N4)cc2)n1. The number of nitrogens with one attached hydrogen (secondary N) is 2. The van der Waals surface area contributed by atoms with Gasteiger partial charge in [0.1, 0.15) is 0 Å². The molecular weight excluding hydrogens is 336 g/mol. The predicted molar refractivity (Wildman–Crippen MR) is 107 cm³/mol. The van der Waals surface area contributed by atoms with Crippen molar-refractivity contribution >= 4 is 5.91 Å². The van der Waals surface area contributed by atoms with Gasteiger partial charge in [0, 0.05) is 24.2 Å². The molecule has 27 heavy (non-hydrogen) atoms. The standard InChI is InChI=1S/C22H30N4O/c1-14-10-15(2)26(25-14)21-8-4-18(5-9-21)16(3)23-22(27)13-17-11-19-6-7-20(12-17)24-19/h4-5,8-10,16-17,19-20,24H,6-7,11-13H2,1-3H3,(H,23,27). The first kappa shape index (κ1) is 18.2. The summed E-state index contributed by atoms with van der Waals surface area (Å²) < 4.78 is 1.95. The molecule has 2 bridgehead atoms. The second-order valence-corrected chi connectivity index (χ2v) is 8.40. The third-order valence-electron chi connectivity index (χ3n) is 6.07. The van der Waals surface area contributed by atoms with Crippen LogP contribution in [0.4, 0.5) is 0 Å². The number of hydrogen-bond donors (Lipinski definition) is 2. The van der Waals surface area contributed by atoms with Crippen LogP contribution in [-0.2, 0) is 4.79 Å². The summed E-state index contributed by atoms with van der Waals surface area (Å²) in [6.07, 6.45) is 5.51. The normalized spacial score (nSPS) is 25.4. The molecule has 5 heteroatoms. The van der Waals surface area contributed by atoms with Crippen LogP contribution in [-0.4, -0.2) is 27.8 Å². The summed E-state index contributed by atoms with van der Waals surface area (Å²) in [4.78, 5) is 12.5. The van der Waals surface area contributed by atoms with E-state index in [1.54, 1.807) is 0 Å². The number of aromatic nitrogens is 2. The monoisotopic (exact) mass is 366 g/mol. The van der Waals surface area contributed by atoms with Gasteiger partial charge in [0.15, 0.2) is 0 Å². The van der Waals surface area contributed by atoms with Crippen molar-refractivity contribution in [3.63, 3.8) is 0 Å². The highest BCUT2D eigenvalue weighted by molar-refractivity contribution is 5.76. The zero-order chi connectivity index (χ0) is 19.0. The Bertz CT molecular complexity index is 798. The van der Waals surface area contributed by atoms with Gasteiger partial charge in [0.05, 0.1) is 17.4 Å². The van der Waals surface area contributed by atoms with E-state index in [4.69, 9.17) is 0 Å². The molecule has 2 fully saturated rings. The Morgan fingerprint density at radius 1 is 1.22 bits per heavy atom. The number of piperidine rings is 1. The Labute approximate surface area is 161 Å². The van der Waals surface area contributed by atoms with E-state index in [9.17, 15) is 4.79 Å². The summed E-state index contributed by atoms with van der Waals surface area (Å²) in [5.74, 6) is 0.709. The van der Waals surface area contributed by atoms with Crippen LogP contribution in [0, 0.1) is 19.8 Å². The van der Waals surface area contributed by atoms with E-state index < -0.39 is 0 Å². The largest absolute Gasteiger partial charge is 0.350 e. The Hall–Kier alpha value is -2.14. The van der Waals surface area contributed by atoms with Gasteiger partial charge in [-0.15, -0.1) is 0 Å². The molecule has 3 heterocycles. The van der Waals surface area contributed by atoms with E-state index in [1.807, 2.05) is 11.6 Å². The second kappa shape index (κ2) is 7.47. The molecule has 2 saturated heterocycles. The first-order valence-corrected chi connectivity index (χ1v) is 10.2. The molecule has 0 aliphatic carbocycles. The lowest BCUT2D eigenvalue weighted by atomic mass is 9.89. The highest BCUT2D eigenvalue weighted by Gasteiger charge is 2.34. The van der Waals surface area contributed by atoms with Crippen molar-refractivity contribution in [3.05, 3.63) is 47.3 Å². The lowest BCUT2D eigenvalue weighted by molar-refractivity contribution is -0.122. The van der Waals surface area contributed by atoms with Crippen molar-refractivity contribution in [2.24, 2.45) is 5.92 Å². The maximum absolute atomic E-state index is 12.5. The lowest BCUT2D eigenvalue weighted by Crippen LogP contribution is -2.40. The minimum absolute atomic E-state index is 0.0189. The average molecular weight is 367 g/mol. The fourth-order valence-electron chi connectivity index (χ4n) is 4.78. The lowest BCUT2D eigenvalue weighted by Gasteiger charge is -2.29. The Balaban J connectivity index is 1.34. The van der Waals surface area contributed by atoms with Crippen LogP contribution < -0.4 is 10.6 Å². The Morgan fingerprint density at radius 3 is 2.48 bits per heavy atom.